The summed E-state index contributed by atoms with van der Waals surface area (Å²) >= 11 is 0. The molecule has 0 aliphatic rings. The Balaban J connectivity index is 3.49. The van der Waals surface area contributed by atoms with Gasteiger partial charge in [-0.2, -0.15) is 0 Å². The third-order valence-electron chi connectivity index (χ3n) is 2.91. The van der Waals surface area contributed by atoms with Gasteiger partial charge in [-0.05, 0) is 46.0 Å². The number of hydrogen-bond acceptors (Lipinski definition) is 5. The SMILES string of the molecule is CCOCCOC(=O)OC=COCCC(C)CCC=C(C)C. The molecule has 1 atom stereocenters. The molecular weight excluding hydrogens is 284 g/mol. The molecule has 1 unspecified atom stereocenters. The number of carbonyl (C=O) groups excluding carboxylic acids is 1. The van der Waals surface area contributed by atoms with Crippen LogP contribution in [0.3, 0.4) is 0 Å². The van der Waals surface area contributed by atoms with Gasteiger partial charge in [-0.25, -0.2) is 4.79 Å². The number of rotatable bonds is 12. The van der Waals surface area contributed by atoms with Crippen LogP contribution in [0.15, 0.2) is 24.2 Å². The van der Waals surface area contributed by atoms with Crippen LogP contribution in [-0.2, 0) is 18.9 Å². The molecule has 0 saturated heterocycles. The smallest absolute Gasteiger partial charge is 0.498 e. The number of allylic oxidation sites excluding steroid dienone is 2. The average molecular weight is 314 g/mol. The van der Waals surface area contributed by atoms with Crippen LogP contribution in [0.25, 0.3) is 0 Å². The summed E-state index contributed by atoms with van der Waals surface area (Å²) in [6, 6.07) is 0. The van der Waals surface area contributed by atoms with Crippen molar-refractivity contribution in [2.45, 2.75) is 47.0 Å². The molecule has 0 heterocycles. The van der Waals surface area contributed by atoms with Gasteiger partial charge in [0.15, 0.2) is 0 Å². The first kappa shape index (κ1) is 20.5. The lowest BCUT2D eigenvalue weighted by atomic mass is 10.0. The van der Waals surface area contributed by atoms with E-state index in [1.165, 1.54) is 18.1 Å². The lowest BCUT2D eigenvalue weighted by molar-refractivity contribution is 0.0465. The maximum Gasteiger partial charge on any atom is 0.513 e. The van der Waals surface area contributed by atoms with E-state index >= 15 is 0 Å². The van der Waals surface area contributed by atoms with Gasteiger partial charge in [0.1, 0.15) is 19.1 Å². The van der Waals surface area contributed by atoms with E-state index in [-0.39, 0.29) is 6.61 Å². The average Bonchev–Trinajstić information content (AvgIpc) is 2.47. The van der Waals surface area contributed by atoms with E-state index in [4.69, 9.17) is 18.9 Å². The van der Waals surface area contributed by atoms with Gasteiger partial charge >= 0.3 is 6.16 Å². The van der Waals surface area contributed by atoms with E-state index in [0.29, 0.717) is 25.7 Å². The highest BCUT2D eigenvalue weighted by molar-refractivity contribution is 5.60. The van der Waals surface area contributed by atoms with E-state index in [1.54, 1.807) is 0 Å². The van der Waals surface area contributed by atoms with E-state index < -0.39 is 6.16 Å². The van der Waals surface area contributed by atoms with Crippen LogP contribution in [0.1, 0.15) is 47.0 Å². The second kappa shape index (κ2) is 14.4. The molecule has 0 aromatic heterocycles. The molecule has 0 N–H and O–H groups in total. The minimum atomic E-state index is -0.755. The third-order valence-corrected chi connectivity index (χ3v) is 2.91. The first-order chi connectivity index (χ1) is 10.6. The van der Waals surface area contributed by atoms with Crippen molar-refractivity contribution in [3.8, 4) is 0 Å². The van der Waals surface area contributed by atoms with Crippen molar-refractivity contribution in [3.05, 3.63) is 24.2 Å². The fraction of sp³-hybridized carbons (Fsp3) is 0.706. The fourth-order valence-electron chi connectivity index (χ4n) is 1.62. The summed E-state index contributed by atoms with van der Waals surface area (Å²) in [5, 5.41) is 0. The van der Waals surface area contributed by atoms with Crippen molar-refractivity contribution in [2.75, 3.05) is 26.4 Å². The molecule has 0 saturated carbocycles. The van der Waals surface area contributed by atoms with Gasteiger partial charge in [0.05, 0.1) is 13.2 Å². The second-order valence-electron chi connectivity index (χ2n) is 5.31. The predicted octanol–water partition coefficient (Wildman–Crippen LogP) is 4.44. The molecule has 0 aliphatic heterocycles. The maximum absolute atomic E-state index is 11.1. The first-order valence-corrected chi connectivity index (χ1v) is 7.87. The van der Waals surface area contributed by atoms with Crippen LogP contribution in [0.2, 0.25) is 0 Å². The number of carbonyl (C=O) groups is 1. The van der Waals surface area contributed by atoms with Crippen LogP contribution >= 0.6 is 0 Å². The molecule has 0 bridgehead atoms. The summed E-state index contributed by atoms with van der Waals surface area (Å²) in [6.45, 7) is 10.1. The van der Waals surface area contributed by atoms with Crippen molar-refractivity contribution in [3.63, 3.8) is 0 Å². The van der Waals surface area contributed by atoms with Crippen molar-refractivity contribution >= 4 is 6.16 Å². The molecule has 0 rings (SSSR count). The van der Waals surface area contributed by atoms with E-state index in [0.717, 1.165) is 19.3 Å². The summed E-state index contributed by atoms with van der Waals surface area (Å²) in [7, 11) is 0. The minimum absolute atomic E-state index is 0.185. The van der Waals surface area contributed by atoms with E-state index in [2.05, 4.69) is 26.8 Å². The van der Waals surface area contributed by atoms with Gasteiger partial charge in [-0.3, -0.25) is 0 Å². The zero-order valence-corrected chi connectivity index (χ0v) is 14.3. The van der Waals surface area contributed by atoms with Gasteiger partial charge in [0.2, 0.25) is 0 Å². The predicted molar refractivity (Wildman–Crippen MR) is 86.5 cm³/mol. The Morgan fingerprint density at radius 3 is 2.55 bits per heavy atom. The summed E-state index contributed by atoms with van der Waals surface area (Å²) < 4.78 is 19.7. The normalized spacial score (nSPS) is 12.0. The van der Waals surface area contributed by atoms with Crippen LogP contribution in [0, 0.1) is 5.92 Å². The summed E-state index contributed by atoms with van der Waals surface area (Å²) in [5.41, 5.74) is 1.36. The third kappa shape index (κ3) is 14.9. The summed E-state index contributed by atoms with van der Waals surface area (Å²) in [6.07, 6.45) is 7.29. The van der Waals surface area contributed by atoms with Crippen LogP contribution in [0.4, 0.5) is 4.79 Å². The molecule has 0 spiro atoms. The molecule has 5 nitrogen and oxygen atoms in total. The Kier molecular flexibility index (Phi) is 13.5. The van der Waals surface area contributed by atoms with Crippen LogP contribution < -0.4 is 0 Å². The minimum Gasteiger partial charge on any atom is -0.498 e. The fourth-order valence-corrected chi connectivity index (χ4v) is 1.62. The molecule has 0 aromatic carbocycles. The monoisotopic (exact) mass is 314 g/mol. The molecule has 0 aromatic rings. The molecule has 22 heavy (non-hydrogen) atoms. The standard InChI is InChI=1S/C17H30O5/c1-5-19-11-13-21-17(18)22-14-12-20-10-9-16(4)8-6-7-15(2)3/h7,12,14,16H,5-6,8-11,13H2,1-4H3. The Labute approximate surface area is 134 Å². The van der Waals surface area contributed by atoms with E-state index in [1.807, 2.05) is 6.92 Å². The molecular formula is C17H30O5. The van der Waals surface area contributed by atoms with Gasteiger partial charge in [-0.15, -0.1) is 0 Å². The molecule has 128 valence electrons. The number of hydrogen-bond donors (Lipinski definition) is 0. The Morgan fingerprint density at radius 2 is 1.86 bits per heavy atom. The molecule has 0 amide bonds. The van der Waals surface area contributed by atoms with Crippen LogP contribution in [-0.4, -0.2) is 32.6 Å². The molecule has 0 radical (unpaired) electrons. The van der Waals surface area contributed by atoms with Gasteiger partial charge in [0.25, 0.3) is 0 Å². The van der Waals surface area contributed by atoms with Crippen LogP contribution in [0.5, 0.6) is 0 Å². The van der Waals surface area contributed by atoms with Crippen molar-refractivity contribution in [1.82, 2.24) is 0 Å². The highest BCUT2D eigenvalue weighted by atomic mass is 16.7. The largest absolute Gasteiger partial charge is 0.513 e. The maximum atomic E-state index is 11.1. The van der Waals surface area contributed by atoms with Gasteiger partial charge in [-0.1, -0.05) is 18.6 Å². The first-order valence-electron chi connectivity index (χ1n) is 7.87. The Hall–Kier alpha value is -1.49. The number of ether oxygens (including phenoxy) is 4. The van der Waals surface area contributed by atoms with Crippen molar-refractivity contribution < 1.29 is 23.7 Å². The zero-order chi connectivity index (χ0) is 16.6. The van der Waals surface area contributed by atoms with Gasteiger partial charge in [0, 0.05) is 6.61 Å². The quantitative estimate of drug-likeness (QED) is 0.231. The Bertz CT molecular complexity index is 332. The summed E-state index contributed by atoms with van der Waals surface area (Å²) in [4.78, 5) is 11.1. The van der Waals surface area contributed by atoms with Gasteiger partial charge < -0.3 is 18.9 Å². The Morgan fingerprint density at radius 1 is 1.09 bits per heavy atom. The lowest BCUT2D eigenvalue weighted by Crippen LogP contribution is -2.10. The zero-order valence-electron chi connectivity index (χ0n) is 14.3. The van der Waals surface area contributed by atoms with E-state index in [9.17, 15) is 4.79 Å². The highest BCUT2D eigenvalue weighted by Crippen LogP contribution is 2.11. The lowest BCUT2D eigenvalue weighted by Gasteiger charge is -2.09. The van der Waals surface area contributed by atoms with Crippen molar-refractivity contribution in [1.29, 1.82) is 0 Å². The van der Waals surface area contributed by atoms with Crippen molar-refractivity contribution in [2.24, 2.45) is 5.92 Å². The highest BCUT2D eigenvalue weighted by Gasteiger charge is 2.02. The second-order valence-corrected chi connectivity index (χ2v) is 5.31. The molecule has 0 fully saturated rings. The summed E-state index contributed by atoms with van der Waals surface area (Å²) in [5.74, 6) is 0.605. The topological polar surface area (TPSA) is 54.0 Å². The molecule has 0 aliphatic carbocycles. The molecule has 5 heteroatoms.